The maximum absolute atomic E-state index is 13.8. The monoisotopic (exact) mass is 449 g/mol. The lowest BCUT2D eigenvalue weighted by Crippen LogP contribution is -2.23. The molecular formula is C19H14F6NO3P. The number of aromatic amines is 1. The van der Waals surface area contributed by atoms with E-state index < -0.39 is 36.2 Å². The maximum atomic E-state index is 13.8. The van der Waals surface area contributed by atoms with Crippen molar-refractivity contribution in [3.05, 3.63) is 58.8 Å². The van der Waals surface area contributed by atoms with Gasteiger partial charge in [-0.15, -0.1) is 0 Å². The van der Waals surface area contributed by atoms with Gasteiger partial charge >= 0.3 is 12.4 Å². The molecule has 160 valence electrons. The third kappa shape index (κ3) is 3.77. The van der Waals surface area contributed by atoms with Gasteiger partial charge in [0.05, 0.1) is 22.1 Å². The van der Waals surface area contributed by atoms with E-state index in [9.17, 15) is 35.7 Å². The van der Waals surface area contributed by atoms with E-state index in [2.05, 4.69) is 4.98 Å². The first-order valence-corrected chi connectivity index (χ1v) is 9.97. The highest BCUT2D eigenvalue weighted by atomic mass is 31.2. The molecule has 3 rings (SSSR count). The minimum atomic E-state index is -5.13. The van der Waals surface area contributed by atoms with E-state index >= 15 is 0 Å². The molecule has 0 radical (unpaired) electrons. The molecule has 0 amide bonds. The molecule has 30 heavy (non-hydrogen) atoms. The Morgan fingerprint density at radius 1 is 0.967 bits per heavy atom. The molecule has 0 aliphatic heterocycles. The Balaban J connectivity index is 2.41. The molecule has 1 unspecified atom stereocenters. The van der Waals surface area contributed by atoms with E-state index in [1.54, 1.807) is 19.1 Å². The lowest BCUT2D eigenvalue weighted by molar-refractivity contribution is -0.142. The molecule has 0 aliphatic rings. The van der Waals surface area contributed by atoms with E-state index in [0.29, 0.717) is 23.2 Å². The molecular weight excluding hydrogens is 435 g/mol. The van der Waals surface area contributed by atoms with Gasteiger partial charge in [-0.25, -0.2) is 0 Å². The number of halogens is 6. The number of H-pyrrole nitrogens is 1. The molecule has 1 aromatic heterocycles. The first kappa shape index (κ1) is 22.1. The van der Waals surface area contributed by atoms with Gasteiger partial charge in [0.25, 0.3) is 7.37 Å². The lowest BCUT2D eigenvalue weighted by Gasteiger charge is -2.20. The number of benzene rings is 2. The topological polar surface area (TPSA) is 59.2 Å². The quantitative estimate of drug-likeness (QED) is 0.338. The fourth-order valence-electron chi connectivity index (χ4n) is 3.15. The second-order valence-electron chi connectivity index (χ2n) is 6.55. The van der Waals surface area contributed by atoms with Crippen molar-refractivity contribution in [1.29, 1.82) is 0 Å². The molecule has 0 fully saturated rings. The fourth-order valence-corrected chi connectivity index (χ4v) is 5.35. The third-order valence-electron chi connectivity index (χ3n) is 4.54. The number of aldehydes is 1. The largest absolute Gasteiger partial charge is 0.416 e. The van der Waals surface area contributed by atoms with Crippen LogP contribution in [0.2, 0.25) is 0 Å². The summed E-state index contributed by atoms with van der Waals surface area (Å²) in [6, 6.07) is 5.36. The van der Waals surface area contributed by atoms with Gasteiger partial charge in [-0.1, -0.05) is 11.6 Å². The molecule has 0 saturated heterocycles. The molecule has 1 heterocycles. The van der Waals surface area contributed by atoms with Gasteiger partial charge in [-0.2, -0.15) is 26.3 Å². The van der Waals surface area contributed by atoms with Gasteiger partial charge in [0.1, 0.15) is 0 Å². The molecule has 0 saturated carbocycles. The van der Waals surface area contributed by atoms with Gasteiger partial charge in [-0.05, 0) is 37.3 Å². The zero-order chi connectivity index (χ0) is 22.5. The fraction of sp³-hybridized carbons (Fsp3) is 0.211. The van der Waals surface area contributed by atoms with E-state index in [1.807, 2.05) is 0 Å². The number of nitrogens with one attached hydrogen (secondary N) is 1. The normalized spacial score (nSPS) is 14.7. The van der Waals surface area contributed by atoms with E-state index in [-0.39, 0.29) is 28.7 Å². The number of fused-ring (bicyclic) bond motifs is 1. The summed E-state index contributed by atoms with van der Waals surface area (Å²) in [6.07, 6.45) is -9.97. The van der Waals surface area contributed by atoms with Crippen molar-refractivity contribution >= 4 is 35.2 Å². The summed E-state index contributed by atoms with van der Waals surface area (Å²) < 4.78 is 98.4. The van der Waals surface area contributed by atoms with Crippen LogP contribution in [0.25, 0.3) is 10.9 Å². The van der Waals surface area contributed by atoms with E-state index in [1.165, 1.54) is 6.07 Å². The van der Waals surface area contributed by atoms with Crippen molar-refractivity contribution in [3.63, 3.8) is 0 Å². The van der Waals surface area contributed by atoms with Crippen LogP contribution in [-0.2, 0) is 21.4 Å². The summed E-state index contributed by atoms with van der Waals surface area (Å²) in [7, 11) is -3.63. The Hall–Kier alpha value is -2.58. The van der Waals surface area contributed by atoms with Crippen molar-refractivity contribution in [1.82, 2.24) is 4.98 Å². The van der Waals surface area contributed by atoms with Crippen LogP contribution in [-0.4, -0.2) is 18.4 Å². The molecule has 0 spiro atoms. The van der Waals surface area contributed by atoms with Crippen LogP contribution in [0, 0.1) is 6.92 Å². The van der Waals surface area contributed by atoms with Crippen LogP contribution in [0.4, 0.5) is 26.3 Å². The maximum Gasteiger partial charge on any atom is 0.416 e. The predicted molar refractivity (Wildman–Crippen MR) is 98.8 cm³/mol. The summed E-state index contributed by atoms with van der Waals surface area (Å²) in [5.41, 5.74) is -2.52. The SMILES string of the molecule is COP(=O)(c1cc(C(F)(F)F)cc(C(F)(F)F)c1)c1c(C=O)[nH]c2ccc(C)cc12. The zero-order valence-corrected chi connectivity index (χ0v) is 16.4. The van der Waals surface area contributed by atoms with Crippen LogP contribution in [0.1, 0.15) is 27.2 Å². The molecule has 1 atom stereocenters. The van der Waals surface area contributed by atoms with Crippen molar-refractivity contribution < 1.29 is 40.2 Å². The number of carbonyl (C=O) groups excluding carboxylic acids is 1. The predicted octanol–water partition coefficient (Wildman–Crippen LogP) is 5.20. The molecule has 2 aromatic carbocycles. The Morgan fingerprint density at radius 3 is 2.00 bits per heavy atom. The highest BCUT2D eigenvalue weighted by molar-refractivity contribution is 7.75. The number of hydrogen-bond donors (Lipinski definition) is 1. The first-order chi connectivity index (χ1) is 13.8. The molecule has 0 bridgehead atoms. The summed E-state index contributed by atoms with van der Waals surface area (Å²) in [4.78, 5) is 14.2. The van der Waals surface area contributed by atoms with Gasteiger partial charge < -0.3 is 9.51 Å². The number of rotatable bonds is 4. The minimum Gasteiger partial charge on any atom is -0.352 e. The Bertz CT molecular complexity index is 1150. The van der Waals surface area contributed by atoms with Crippen LogP contribution >= 0.6 is 7.37 Å². The second-order valence-corrected chi connectivity index (χ2v) is 8.98. The third-order valence-corrected chi connectivity index (χ3v) is 7.06. The summed E-state index contributed by atoms with van der Waals surface area (Å²) in [5, 5.41) is -0.906. The minimum absolute atomic E-state index is 0.0660. The van der Waals surface area contributed by atoms with Crippen LogP contribution in [0.5, 0.6) is 0 Å². The molecule has 11 heteroatoms. The van der Waals surface area contributed by atoms with Crippen molar-refractivity contribution in [2.24, 2.45) is 0 Å². The van der Waals surface area contributed by atoms with Crippen LogP contribution in [0.3, 0.4) is 0 Å². The van der Waals surface area contributed by atoms with Crippen LogP contribution < -0.4 is 10.6 Å². The number of aryl methyl sites for hydroxylation is 1. The Morgan fingerprint density at radius 2 is 1.53 bits per heavy atom. The summed E-state index contributed by atoms with van der Waals surface area (Å²) in [5.74, 6) is 0. The molecule has 1 N–H and O–H groups in total. The van der Waals surface area contributed by atoms with Crippen LogP contribution in [0.15, 0.2) is 36.4 Å². The van der Waals surface area contributed by atoms with Gasteiger partial charge in [0.15, 0.2) is 6.29 Å². The standard InChI is InChI=1S/C19H14F6NO3P/c1-10-3-4-15-14(5-10)17(16(9-27)26-15)30(28,29-2)13-7-11(18(20,21)22)6-12(8-13)19(23,24)25/h3-9,26H,1-2H3. The first-order valence-electron chi connectivity index (χ1n) is 8.35. The summed E-state index contributed by atoms with van der Waals surface area (Å²) >= 11 is 0. The van der Waals surface area contributed by atoms with Crippen molar-refractivity contribution in [2.75, 3.05) is 7.11 Å². The van der Waals surface area contributed by atoms with E-state index in [4.69, 9.17) is 4.52 Å². The smallest absolute Gasteiger partial charge is 0.352 e. The highest BCUT2D eigenvalue weighted by Gasteiger charge is 2.41. The second kappa shape index (κ2) is 7.28. The molecule has 0 aliphatic carbocycles. The highest BCUT2D eigenvalue weighted by Crippen LogP contribution is 2.48. The number of carbonyl (C=O) groups is 1. The van der Waals surface area contributed by atoms with Gasteiger partial charge in [0.2, 0.25) is 0 Å². The Labute approximate surface area is 166 Å². The number of aromatic nitrogens is 1. The van der Waals surface area contributed by atoms with Gasteiger partial charge in [0, 0.05) is 23.3 Å². The molecule has 3 aromatic rings. The zero-order valence-electron chi connectivity index (χ0n) is 15.5. The lowest BCUT2D eigenvalue weighted by atomic mass is 10.1. The number of alkyl halides is 6. The molecule has 4 nitrogen and oxygen atoms in total. The number of hydrogen-bond acceptors (Lipinski definition) is 3. The van der Waals surface area contributed by atoms with Crippen molar-refractivity contribution in [3.8, 4) is 0 Å². The van der Waals surface area contributed by atoms with Gasteiger partial charge in [-0.3, -0.25) is 9.36 Å². The average molecular weight is 449 g/mol. The Kier molecular flexibility index (Phi) is 5.37. The summed E-state index contributed by atoms with van der Waals surface area (Å²) in [6.45, 7) is 1.68. The van der Waals surface area contributed by atoms with Crippen molar-refractivity contribution in [2.45, 2.75) is 19.3 Å². The average Bonchev–Trinajstić information content (AvgIpc) is 3.03. The van der Waals surface area contributed by atoms with E-state index in [0.717, 1.165) is 7.11 Å².